The minimum Gasteiger partial charge on any atom is -0.392 e. The minimum atomic E-state index is -0.0601. The number of hydrogen-bond donors (Lipinski definition) is 3. The van der Waals surface area contributed by atoms with Crippen LogP contribution in [0.15, 0.2) is 36.5 Å². The highest BCUT2D eigenvalue weighted by atomic mass is 16.3. The second-order valence-electron chi connectivity index (χ2n) is 7.12. The van der Waals surface area contributed by atoms with Crippen LogP contribution in [0.2, 0.25) is 0 Å². The molecule has 2 aromatic rings. The lowest BCUT2D eigenvalue weighted by atomic mass is 9.77. The Bertz CT molecular complexity index is 814. The highest BCUT2D eigenvalue weighted by molar-refractivity contribution is 5.61. The summed E-state index contributed by atoms with van der Waals surface area (Å²) in [4.78, 5) is 4.43. The van der Waals surface area contributed by atoms with Crippen LogP contribution in [-0.2, 0) is 6.61 Å². The lowest BCUT2D eigenvalue weighted by molar-refractivity contribution is 0.281. The Morgan fingerprint density at radius 2 is 2.19 bits per heavy atom. The Kier molecular flexibility index (Phi) is 5.43. The molecule has 136 valence electrons. The molecule has 0 spiro atoms. The van der Waals surface area contributed by atoms with E-state index < -0.39 is 0 Å². The first-order valence-electron chi connectivity index (χ1n) is 9.20. The minimum absolute atomic E-state index is 0.0127. The molecule has 1 aliphatic rings. The number of rotatable bonds is 5. The Balaban J connectivity index is 2.04. The van der Waals surface area contributed by atoms with Gasteiger partial charge >= 0.3 is 0 Å². The van der Waals surface area contributed by atoms with Crippen LogP contribution < -0.4 is 10.6 Å². The van der Waals surface area contributed by atoms with Crippen LogP contribution in [0.25, 0.3) is 0 Å². The van der Waals surface area contributed by atoms with Crippen LogP contribution in [0, 0.1) is 23.2 Å². The Labute approximate surface area is 155 Å². The van der Waals surface area contributed by atoms with Gasteiger partial charge in [0.2, 0.25) is 0 Å². The molecule has 1 aliphatic heterocycles. The van der Waals surface area contributed by atoms with E-state index in [1.54, 1.807) is 6.20 Å². The number of aliphatic hydroxyl groups is 1. The highest BCUT2D eigenvalue weighted by Gasteiger charge is 2.36. The Morgan fingerprint density at radius 3 is 2.88 bits per heavy atom. The second-order valence-corrected chi connectivity index (χ2v) is 7.12. The van der Waals surface area contributed by atoms with Crippen LogP contribution >= 0.6 is 0 Å². The zero-order valence-corrected chi connectivity index (χ0v) is 15.5. The average molecular weight is 350 g/mol. The summed E-state index contributed by atoms with van der Waals surface area (Å²) in [6, 6.07) is 12.1. The van der Waals surface area contributed by atoms with Crippen molar-refractivity contribution in [2.45, 2.75) is 45.9 Å². The van der Waals surface area contributed by atoms with Crippen LogP contribution in [0.5, 0.6) is 0 Å². The second kappa shape index (κ2) is 7.76. The molecule has 0 saturated heterocycles. The number of aromatic nitrogens is 1. The van der Waals surface area contributed by atoms with E-state index in [0.717, 1.165) is 23.2 Å². The molecule has 1 aromatic heterocycles. The third-order valence-corrected chi connectivity index (χ3v) is 5.54. The van der Waals surface area contributed by atoms with Gasteiger partial charge in [-0.05, 0) is 35.7 Å². The number of aliphatic hydroxyl groups excluding tert-OH is 1. The van der Waals surface area contributed by atoms with Crippen LogP contribution in [0.1, 0.15) is 49.9 Å². The van der Waals surface area contributed by atoms with E-state index in [4.69, 9.17) is 0 Å². The lowest BCUT2D eigenvalue weighted by Gasteiger charge is -2.42. The summed E-state index contributed by atoms with van der Waals surface area (Å²) >= 11 is 0. The first-order chi connectivity index (χ1) is 12.6. The maximum absolute atomic E-state index is 9.63. The highest BCUT2D eigenvalue weighted by Crippen LogP contribution is 2.41. The number of nitrogens with zero attached hydrogens (tertiary/aromatic N) is 2. The van der Waals surface area contributed by atoms with E-state index in [2.05, 4.69) is 42.5 Å². The van der Waals surface area contributed by atoms with Crippen molar-refractivity contribution < 1.29 is 5.11 Å². The number of nitriles is 1. The summed E-state index contributed by atoms with van der Waals surface area (Å²) in [5.41, 5.74) is 3.56. The third-order valence-electron chi connectivity index (χ3n) is 5.54. The zero-order chi connectivity index (χ0) is 18.7. The summed E-state index contributed by atoms with van der Waals surface area (Å²) in [6.45, 7) is 6.64. The predicted molar refractivity (Wildman–Crippen MR) is 104 cm³/mol. The van der Waals surface area contributed by atoms with Crippen molar-refractivity contribution in [2.75, 3.05) is 10.6 Å². The summed E-state index contributed by atoms with van der Waals surface area (Å²) in [5.74, 6) is 1.50. The predicted octanol–water partition coefficient (Wildman–Crippen LogP) is 4.08. The van der Waals surface area contributed by atoms with Crippen molar-refractivity contribution >= 4 is 11.5 Å². The third kappa shape index (κ3) is 3.38. The van der Waals surface area contributed by atoms with Crippen molar-refractivity contribution in [1.82, 2.24) is 4.98 Å². The summed E-state index contributed by atoms with van der Waals surface area (Å²) in [7, 11) is 0. The molecular weight excluding hydrogens is 324 g/mol. The van der Waals surface area contributed by atoms with Gasteiger partial charge in [0.15, 0.2) is 0 Å². The van der Waals surface area contributed by atoms with E-state index in [1.807, 2.05) is 30.3 Å². The quantitative estimate of drug-likeness (QED) is 0.757. The number of benzene rings is 1. The topological polar surface area (TPSA) is 81.0 Å². The van der Waals surface area contributed by atoms with Crippen molar-refractivity contribution in [1.29, 1.82) is 5.26 Å². The van der Waals surface area contributed by atoms with E-state index >= 15 is 0 Å². The molecule has 4 unspecified atom stereocenters. The largest absolute Gasteiger partial charge is 0.392 e. The molecule has 0 bridgehead atoms. The fourth-order valence-electron chi connectivity index (χ4n) is 3.79. The maximum atomic E-state index is 9.63. The molecule has 26 heavy (non-hydrogen) atoms. The van der Waals surface area contributed by atoms with Crippen molar-refractivity contribution in [3.8, 4) is 6.07 Å². The van der Waals surface area contributed by atoms with Gasteiger partial charge in [-0.15, -0.1) is 0 Å². The molecule has 0 radical (unpaired) electrons. The van der Waals surface area contributed by atoms with Gasteiger partial charge in [-0.2, -0.15) is 5.26 Å². The monoisotopic (exact) mass is 350 g/mol. The number of pyridine rings is 1. The normalized spacial score (nSPS) is 22.7. The lowest BCUT2D eigenvalue weighted by Crippen LogP contribution is -2.43. The van der Waals surface area contributed by atoms with Crippen LogP contribution in [0.4, 0.5) is 11.5 Å². The van der Waals surface area contributed by atoms with E-state index in [1.165, 1.54) is 0 Å². The maximum Gasteiger partial charge on any atom is 0.131 e. The standard InChI is InChI=1S/C21H26N4O/c1-4-13(2)19-14(3)20(25-21-16(12-26)6-5-9-23-21)17-10-15(11-22)7-8-18(17)24-19/h5-10,13-14,19-20,24,26H,4,12H2,1-3H3,(H,23,25). The van der Waals surface area contributed by atoms with Gasteiger partial charge in [0, 0.05) is 29.4 Å². The number of nitrogens with one attached hydrogen (secondary N) is 2. The molecule has 3 N–H and O–H groups in total. The number of hydrogen-bond acceptors (Lipinski definition) is 5. The molecule has 0 fully saturated rings. The molecule has 2 heterocycles. The Morgan fingerprint density at radius 1 is 1.38 bits per heavy atom. The average Bonchev–Trinajstić information content (AvgIpc) is 2.69. The summed E-state index contributed by atoms with van der Waals surface area (Å²) in [5, 5.41) is 26.2. The SMILES string of the molecule is CCC(C)C1Nc2ccc(C#N)cc2C(Nc2ncccc2CO)C1C. The van der Waals surface area contributed by atoms with Crippen molar-refractivity contribution in [3.63, 3.8) is 0 Å². The number of fused-ring (bicyclic) bond motifs is 1. The smallest absolute Gasteiger partial charge is 0.131 e. The molecule has 0 saturated carbocycles. The first-order valence-corrected chi connectivity index (χ1v) is 9.20. The van der Waals surface area contributed by atoms with E-state index in [-0.39, 0.29) is 12.6 Å². The van der Waals surface area contributed by atoms with Crippen molar-refractivity contribution in [3.05, 3.63) is 53.2 Å². The van der Waals surface area contributed by atoms with Gasteiger partial charge in [0.1, 0.15) is 5.82 Å². The molecule has 0 amide bonds. The van der Waals surface area contributed by atoms with Crippen LogP contribution in [0.3, 0.4) is 0 Å². The Hall–Kier alpha value is -2.58. The van der Waals surface area contributed by atoms with E-state index in [9.17, 15) is 10.4 Å². The molecule has 5 heteroatoms. The fraction of sp³-hybridized carbons (Fsp3) is 0.429. The molecule has 1 aromatic carbocycles. The first kappa shape index (κ1) is 18.2. The van der Waals surface area contributed by atoms with Gasteiger partial charge < -0.3 is 15.7 Å². The van der Waals surface area contributed by atoms with Gasteiger partial charge in [-0.1, -0.05) is 33.3 Å². The van der Waals surface area contributed by atoms with Crippen molar-refractivity contribution in [2.24, 2.45) is 11.8 Å². The van der Waals surface area contributed by atoms with Gasteiger partial charge in [0.25, 0.3) is 0 Å². The molecule has 5 nitrogen and oxygen atoms in total. The van der Waals surface area contributed by atoms with Gasteiger partial charge in [-0.3, -0.25) is 0 Å². The van der Waals surface area contributed by atoms with E-state index in [0.29, 0.717) is 29.3 Å². The molecular formula is C21H26N4O. The van der Waals surface area contributed by atoms with Crippen LogP contribution in [-0.4, -0.2) is 16.1 Å². The zero-order valence-electron chi connectivity index (χ0n) is 15.5. The number of anilines is 2. The fourth-order valence-corrected chi connectivity index (χ4v) is 3.79. The summed E-state index contributed by atoms with van der Waals surface area (Å²) in [6.07, 6.45) is 2.82. The summed E-state index contributed by atoms with van der Waals surface area (Å²) < 4.78 is 0. The van der Waals surface area contributed by atoms with Gasteiger partial charge in [-0.25, -0.2) is 4.98 Å². The molecule has 0 aliphatic carbocycles. The molecule has 3 rings (SSSR count). The van der Waals surface area contributed by atoms with Gasteiger partial charge in [0.05, 0.1) is 24.3 Å². The molecule has 4 atom stereocenters.